The van der Waals surface area contributed by atoms with E-state index in [1.165, 1.54) is 25.5 Å². The van der Waals surface area contributed by atoms with Crippen molar-refractivity contribution in [3.63, 3.8) is 0 Å². The highest BCUT2D eigenvalue weighted by Gasteiger charge is 2.12. The largest absolute Gasteiger partial charge is 0.493 e. The zero-order valence-electron chi connectivity index (χ0n) is 14.9. The second kappa shape index (κ2) is 9.71. The van der Waals surface area contributed by atoms with Crippen molar-refractivity contribution in [3.05, 3.63) is 29.8 Å². The molecule has 0 spiro atoms. The number of methoxy groups -OCH3 is 2. The first-order valence-electron chi connectivity index (χ1n) is 8.59. The summed E-state index contributed by atoms with van der Waals surface area (Å²) in [7, 11) is 3.07. The Kier molecular flexibility index (Phi) is 7.32. The van der Waals surface area contributed by atoms with Gasteiger partial charge in [-0.25, -0.2) is 0 Å². The summed E-state index contributed by atoms with van der Waals surface area (Å²) in [6.45, 7) is 0.578. The highest BCUT2D eigenvalue weighted by Crippen LogP contribution is 2.29. The molecule has 1 aromatic rings. The molecule has 0 heterocycles. The predicted octanol–water partition coefficient (Wildman–Crippen LogP) is 3.04. The fourth-order valence-electron chi connectivity index (χ4n) is 2.82. The van der Waals surface area contributed by atoms with E-state index < -0.39 is 0 Å². The second-order valence-corrected chi connectivity index (χ2v) is 6.00. The van der Waals surface area contributed by atoms with Crippen molar-refractivity contribution in [2.24, 2.45) is 0 Å². The Balaban J connectivity index is 1.75. The number of anilines is 1. The van der Waals surface area contributed by atoms with E-state index in [1.54, 1.807) is 25.3 Å². The van der Waals surface area contributed by atoms with E-state index >= 15 is 0 Å². The summed E-state index contributed by atoms with van der Waals surface area (Å²) in [5.74, 6) is 0.469. The number of nitrogens with one attached hydrogen (secondary N) is 2. The standard InChI is InChI=1S/C19H26N2O4/c1-24-16-9-8-15(12-17(16)25-2)21-19(23)13-18(22)20-11-10-14-6-4-3-5-7-14/h6,8-9,12H,3-5,7,10-11,13H2,1-2H3,(H,20,22)(H,21,23). The van der Waals surface area contributed by atoms with E-state index in [0.29, 0.717) is 23.7 Å². The Hall–Kier alpha value is -2.50. The number of amides is 2. The molecule has 2 amide bonds. The van der Waals surface area contributed by atoms with Crippen LogP contribution in [-0.2, 0) is 9.59 Å². The van der Waals surface area contributed by atoms with Gasteiger partial charge in [0, 0.05) is 18.3 Å². The molecule has 0 aliphatic heterocycles. The zero-order valence-corrected chi connectivity index (χ0v) is 14.9. The molecular formula is C19H26N2O4. The van der Waals surface area contributed by atoms with E-state index in [4.69, 9.17) is 9.47 Å². The summed E-state index contributed by atoms with van der Waals surface area (Å²) in [5.41, 5.74) is 1.96. The van der Waals surface area contributed by atoms with Crippen LogP contribution in [0.5, 0.6) is 11.5 Å². The number of benzene rings is 1. The van der Waals surface area contributed by atoms with Crippen LogP contribution in [-0.4, -0.2) is 32.6 Å². The molecule has 0 fully saturated rings. The quantitative estimate of drug-likeness (QED) is 0.560. The fraction of sp³-hybridized carbons (Fsp3) is 0.474. The fourth-order valence-corrected chi connectivity index (χ4v) is 2.82. The van der Waals surface area contributed by atoms with Crippen molar-refractivity contribution < 1.29 is 19.1 Å². The number of carbonyl (C=O) groups excluding carboxylic acids is 2. The summed E-state index contributed by atoms with van der Waals surface area (Å²) in [4.78, 5) is 23.9. The molecule has 0 unspecified atom stereocenters. The van der Waals surface area contributed by atoms with Gasteiger partial charge in [-0.2, -0.15) is 0 Å². The Bertz CT molecular complexity index is 640. The minimum absolute atomic E-state index is 0.201. The molecule has 6 heteroatoms. The van der Waals surface area contributed by atoms with Crippen LogP contribution in [0.3, 0.4) is 0 Å². The van der Waals surface area contributed by atoms with Crippen molar-refractivity contribution >= 4 is 17.5 Å². The molecule has 0 saturated heterocycles. The number of allylic oxidation sites excluding steroid dienone is 1. The lowest BCUT2D eigenvalue weighted by Crippen LogP contribution is -2.29. The summed E-state index contributed by atoms with van der Waals surface area (Å²) >= 11 is 0. The Morgan fingerprint density at radius 2 is 1.88 bits per heavy atom. The third-order valence-electron chi connectivity index (χ3n) is 4.14. The Morgan fingerprint density at radius 3 is 2.56 bits per heavy atom. The van der Waals surface area contributed by atoms with Crippen molar-refractivity contribution in [1.82, 2.24) is 5.32 Å². The highest BCUT2D eigenvalue weighted by atomic mass is 16.5. The molecule has 2 rings (SSSR count). The van der Waals surface area contributed by atoms with Gasteiger partial charge in [0.1, 0.15) is 6.42 Å². The first kappa shape index (κ1) is 18.8. The van der Waals surface area contributed by atoms with Gasteiger partial charge in [-0.15, -0.1) is 0 Å². The minimum Gasteiger partial charge on any atom is -0.493 e. The molecular weight excluding hydrogens is 320 g/mol. The lowest BCUT2D eigenvalue weighted by atomic mass is 9.97. The van der Waals surface area contributed by atoms with E-state index in [0.717, 1.165) is 19.3 Å². The number of hydrogen-bond acceptors (Lipinski definition) is 4. The average Bonchev–Trinajstić information content (AvgIpc) is 2.62. The molecule has 0 atom stereocenters. The summed E-state index contributed by atoms with van der Waals surface area (Å²) < 4.78 is 10.3. The van der Waals surface area contributed by atoms with Crippen LogP contribution >= 0.6 is 0 Å². The maximum absolute atomic E-state index is 12.0. The highest BCUT2D eigenvalue weighted by molar-refractivity contribution is 6.03. The Labute approximate surface area is 148 Å². The lowest BCUT2D eigenvalue weighted by Gasteiger charge is -2.13. The van der Waals surface area contributed by atoms with Gasteiger partial charge in [0.2, 0.25) is 11.8 Å². The summed E-state index contributed by atoms with van der Waals surface area (Å²) in [6.07, 6.45) is 7.67. The number of hydrogen-bond donors (Lipinski definition) is 2. The van der Waals surface area contributed by atoms with Crippen LogP contribution in [0.15, 0.2) is 29.8 Å². The molecule has 136 valence electrons. The van der Waals surface area contributed by atoms with Gasteiger partial charge < -0.3 is 20.1 Å². The van der Waals surface area contributed by atoms with Gasteiger partial charge in [-0.05, 0) is 44.2 Å². The van der Waals surface area contributed by atoms with Crippen LogP contribution in [0.4, 0.5) is 5.69 Å². The lowest BCUT2D eigenvalue weighted by molar-refractivity contribution is -0.126. The van der Waals surface area contributed by atoms with Gasteiger partial charge in [0.25, 0.3) is 0 Å². The third kappa shape index (κ3) is 6.14. The summed E-state index contributed by atoms with van der Waals surface area (Å²) in [5, 5.41) is 5.49. The molecule has 1 aliphatic rings. The number of rotatable bonds is 8. The number of carbonyl (C=O) groups is 2. The first-order chi connectivity index (χ1) is 12.1. The molecule has 2 N–H and O–H groups in total. The van der Waals surface area contributed by atoms with Crippen molar-refractivity contribution in [1.29, 1.82) is 0 Å². The van der Waals surface area contributed by atoms with Crippen molar-refractivity contribution in [2.45, 2.75) is 38.5 Å². The van der Waals surface area contributed by atoms with Gasteiger partial charge in [0.05, 0.1) is 14.2 Å². The molecule has 1 aromatic carbocycles. The third-order valence-corrected chi connectivity index (χ3v) is 4.14. The maximum atomic E-state index is 12.0. The topological polar surface area (TPSA) is 76.7 Å². The molecule has 0 saturated carbocycles. The molecule has 0 radical (unpaired) electrons. The van der Waals surface area contributed by atoms with Crippen LogP contribution in [0.1, 0.15) is 38.5 Å². The predicted molar refractivity (Wildman–Crippen MR) is 97.0 cm³/mol. The normalized spacial score (nSPS) is 13.6. The van der Waals surface area contributed by atoms with Crippen LogP contribution < -0.4 is 20.1 Å². The second-order valence-electron chi connectivity index (χ2n) is 6.00. The van der Waals surface area contributed by atoms with Gasteiger partial charge in [-0.1, -0.05) is 11.6 Å². The average molecular weight is 346 g/mol. The Morgan fingerprint density at radius 1 is 1.08 bits per heavy atom. The maximum Gasteiger partial charge on any atom is 0.233 e. The molecule has 0 aromatic heterocycles. The minimum atomic E-state index is -0.360. The van der Waals surface area contributed by atoms with E-state index in [-0.39, 0.29) is 18.2 Å². The SMILES string of the molecule is COc1ccc(NC(=O)CC(=O)NCCC2=CCCCC2)cc1OC. The molecule has 25 heavy (non-hydrogen) atoms. The van der Waals surface area contributed by atoms with Crippen LogP contribution in [0.2, 0.25) is 0 Å². The van der Waals surface area contributed by atoms with Crippen LogP contribution in [0.25, 0.3) is 0 Å². The van der Waals surface area contributed by atoms with Gasteiger partial charge in [0.15, 0.2) is 11.5 Å². The first-order valence-corrected chi connectivity index (χ1v) is 8.59. The molecule has 0 bridgehead atoms. The van der Waals surface area contributed by atoms with Crippen LogP contribution in [0, 0.1) is 0 Å². The summed E-state index contributed by atoms with van der Waals surface area (Å²) in [6, 6.07) is 5.06. The zero-order chi connectivity index (χ0) is 18.1. The monoisotopic (exact) mass is 346 g/mol. The van der Waals surface area contributed by atoms with E-state index in [1.807, 2.05) is 0 Å². The van der Waals surface area contributed by atoms with Crippen molar-refractivity contribution in [2.75, 3.05) is 26.1 Å². The molecule has 1 aliphatic carbocycles. The van der Waals surface area contributed by atoms with Crippen molar-refractivity contribution in [3.8, 4) is 11.5 Å². The smallest absolute Gasteiger partial charge is 0.233 e. The molecule has 6 nitrogen and oxygen atoms in total. The van der Waals surface area contributed by atoms with Gasteiger partial charge >= 0.3 is 0 Å². The van der Waals surface area contributed by atoms with E-state index in [9.17, 15) is 9.59 Å². The van der Waals surface area contributed by atoms with Gasteiger partial charge in [-0.3, -0.25) is 9.59 Å². The number of ether oxygens (including phenoxy) is 2. The van der Waals surface area contributed by atoms with E-state index in [2.05, 4.69) is 16.7 Å².